The summed E-state index contributed by atoms with van der Waals surface area (Å²) >= 11 is 0. The molecule has 2 nitrogen and oxygen atoms in total. The van der Waals surface area contributed by atoms with Gasteiger partial charge in [0.25, 0.3) is 0 Å². The zero-order chi connectivity index (χ0) is 33.6. The van der Waals surface area contributed by atoms with Crippen LogP contribution >= 0.6 is 0 Å². The quantitative estimate of drug-likeness (QED) is 0.190. The summed E-state index contributed by atoms with van der Waals surface area (Å²) in [6.45, 7) is 6.79. The lowest BCUT2D eigenvalue weighted by Crippen LogP contribution is -2.10. The highest BCUT2D eigenvalue weighted by Gasteiger charge is 2.24. The van der Waals surface area contributed by atoms with Crippen LogP contribution in [0.1, 0.15) is 26.3 Å². The number of fused-ring (bicyclic) bond motifs is 9. The topological polar surface area (TPSA) is 16.4 Å². The maximum absolute atomic E-state index is 6.31. The minimum atomic E-state index is 0.145. The smallest absolute Gasteiger partial charge is 0.137 e. The number of nitrogens with zero attached hydrogens (tertiary/aromatic N) is 1. The number of para-hydroxylation sites is 2. The van der Waals surface area contributed by atoms with Gasteiger partial charge in [0.1, 0.15) is 11.2 Å². The van der Waals surface area contributed by atoms with E-state index in [0.29, 0.717) is 0 Å². The Bertz CT molecular complexity index is 2780. The van der Waals surface area contributed by atoms with E-state index in [4.69, 9.17) is 4.42 Å². The zero-order valence-corrected chi connectivity index (χ0v) is 28.4. The lowest BCUT2D eigenvalue weighted by Gasteiger charge is -2.28. The van der Waals surface area contributed by atoms with E-state index < -0.39 is 0 Å². The molecule has 238 valence electrons. The average Bonchev–Trinajstić information content (AvgIpc) is 3.51. The summed E-state index contributed by atoms with van der Waals surface area (Å²) in [4.78, 5) is 2.32. The number of furan rings is 1. The van der Waals surface area contributed by atoms with Crippen molar-refractivity contribution >= 4 is 60.5 Å². The minimum Gasteiger partial charge on any atom is -0.456 e. The molecular formula is C48H35NO. The second kappa shape index (κ2) is 10.7. The molecule has 0 atom stereocenters. The van der Waals surface area contributed by atoms with Gasteiger partial charge in [0.2, 0.25) is 0 Å². The summed E-state index contributed by atoms with van der Waals surface area (Å²) in [6.07, 6.45) is 0. The highest BCUT2D eigenvalue weighted by atomic mass is 16.3. The molecule has 2 heteroatoms. The van der Waals surface area contributed by atoms with E-state index in [1.165, 1.54) is 60.5 Å². The van der Waals surface area contributed by atoms with Crippen molar-refractivity contribution in [2.45, 2.75) is 26.2 Å². The van der Waals surface area contributed by atoms with Crippen LogP contribution in [-0.4, -0.2) is 0 Å². The second-order valence-electron chi connectivity index (χ2n) is 14.7. The fraction of sp³-hybridized carbons (Fsp3) is 0.0833. The lowest BCUT2D eigenvalue weighted by molar-refractivity contribution is 0.590. The Hall–Kier alpha value is -6.12. The first-order valence-corrected chi connectivity index (χ1v) is 17.4. The van der Waals surface area contributed by atoms with Crippen molar-refractivity contribution in [1.82, 2.24) is 0 Å². The molecule has 1 heterocycles. The molecule has 8 aromatic carbocycles. The summed E-state index contributed by atoms with van der Waals surface area (Å²) in [5, 5.41) is 7.30. The molecule has 0 unspecified atom stereocenters. The van der Waals surface area contributed by atoms with Crippen molar-refractivity contribution in [2.24, 2.45) is 0 Å². The van der Waals surface area contributed by atoms with Gasteiger partial charge in [-0.1, -0.05) is 99.6 Å². The molecule has 10 rings (SSSR count). The van der Waals surface area contributed by atoms with E-state index in [1.807, 2.05) is 12.1 Å². The Morgan fingerprint density at radius 3 is 1.68 bits per heavy atom. The van der Waals surface area contributed by atoms with Crippen LogP contribution in [0.5, 0.6) is 0 Å². The van der Waals surface area contributed by atoms with Gasteiger partial charge in [0.15, 0.2) is 0 Å². The van der Waals surface area contributed by atoms with Gasteiger partial charge in [-0.05, 0) is 139 Å². The van der Waals surface area contributed by atoms with Gasteiger partial charge >= 0.3 is 0 Å². The predicted octanol–water partition coefficient (Wildman–Crippen LogP) is 14.0. The summed E-state index contributed by atoms with van der Waals surface area (Å²) in [5.74, 6) is 0. The van der Waals surface area contributed by atoms with Crippen LogP contribution in [0.4, 0.5) is 17.1 Å². The van der Waals surface area contributed by atoms with E-state index >= 15 is 0 Å². The molecule has 1 aromatic heterocycles. The Morgan fingerprint density at radius 2 is 0.960 bits per heavy atom. The van der Waals surface area contributed by atoms with Crippen molar-refractivity contribution in [2.75, 3.05) is 4.90 Å². The van der Waals surface area contributed by atoms with Crippen LogP contribution in [0, 0.1) is 0 Å². The SMILES string of the molecule is CC(C)(C)c1ccc(-c2ccc3cc4c(cc3c2)-c2cc3cc(N(c5ccccc5)c5ccc6c(c5)oc5ccccc56)ccc3cc2-4)cc1. The molecule has 50 heavy (non-hydrogen) atoms. The van der Waals surface area contributed by atoms with E-state index in [2.05, 4.69) is 171 Å². The van der Waals surface area contributed by atoms with Gasteiger partial charge in [-0.2, -0.15) is 0 Å². The second-order valence-corrected chi connectivity index (χ2v) is 14.7. The van der Waals surface area contributed by atoms with Crippen LogP contribution in [0.3, 0.4) is 0 Å². The normalized spacial score (nSPS) is 12.3. The Kier molecular flexibility index (Phi) is 6.17. The standard InChI is InChI=1S/C48H35NO/c1-48(2,3)36-18-15-30(16-19-36)31-13-14-32-25-42-43-26-33-17-20-38(24-35(33)28-45(43)44(42)27-34(32)23-31)49(37-9-5-4-6-10-37)39-21-22-41-40-11-7-8-12-46(40)50-47(41)29-39/h4-29H,1-3H3. The first kappa shape index (κ1) is 28.9. The highest BCUT2D eigenvalue weighted by molar-refractivity contribution is 6.12. The molecule has 0 saturated carbocycles. The first-order valence-electron chi connectivity index (χ1n) is 17.4. The predicted molar refractivity (Wildman–Crippen MR) is 212 cm³/mol. The number of hydrogen-bond acceptors (Lipinski definition) is 2. The van der Waals surface area contributed by atoms with Crippen molar-refractivity contribution in [3.05, 3.63) is 163 Å². The summed E-state index contributed by atoms with van der Waals surface area (Å²) in [6, 6.07) is 57.6. The average molecular weight is 642 g/mol. The number of anilines is 3. The molecule has 0 saturated heterocycles. The van der Waals surface area contributed by atoms with Crippen LogP contribution in [0.25, 0.3) is 76.9 Å². The van der Waals surface area contributed by atoms with Crippen molar-refractivity contribution in [3.8, 4) is 33.4 Å². The van der Waals surface area contributed by atoms with E-state index in [1.54, 1.807) is 0 Å². The van der Waals surface area contributed by atoms with Gasteiger partial charge in [0.05, 0.1) is 0 Å². The van der Waals surface area contributed by atoms with Crippen molar-refractivity contribution < 1.29 is 4.42 Å². The molecule has 0 spiro atoms. The van der Waals surface area contributed by atoms with Gasteiger partial charge in [0, 0.05) is 33.9 Å². The zero-order valence-electron chi connectivity index (χ0n) is 28.4. The third-order valence-electron chi connectivity index (χ3n) is 10.5. The van der Waals surface area contributed by atoms with Gasteiger partial charge in [-0.15, -0.1) is 0 Å². The van der Waals surface area contributed by atoms with Crippen LogP contribution in [0.2, 0.25) is 0 Å². The minimum absolute atomic E-state index is 0.145. The molecule has 0 amide bonds. The fourth-order valence-electron chi connectivity index (χ4n) is 7.77. The molecular weight excluding hydrogens is 607 g/mol. The van der Waals surface area contributed by atoms with Crippen LogP contribution in [0.15, 0.2) is 162 Å². The van der Waals surface area contributed by atoms with E-state index in [9.17, 15) is 0 Å². The first-order chi connectivity index (χ1) is 24.4. The summed E-state index contributed by atoms with van der Waals surface area (Å²) in [7, 11) is 0. The number of benzene rings is 8. The molecule has 0 aliphatic heterocycles. The Balaban J connectivity index is 1.04. The van der Waals surface area contributed by atoms with Crippen molar-refractivity contribution in [3.63, 3.8) is 0 Å². The third kappa shape index (κ3) is 4.56. The summed E-state index contributed by atoms with van der Waals surface area (Å²) < 4.78 is 6.31. The van der Waals surface area contributed by atoms with E-state index in [0.717, 1.165) is 39.0 Å². The molecule has 0 radical (unpaired) electrons. The molecule has 9 aromatic rings. The van der Waals surface area contributed by atoms with Crippen molar-refractivity contribution in [1.29, 1.82) is 0 Å². The fourth-order valence-corrected chi connectivity index (χ4v) is 7.77. The monoisotopic (exact) mass is 641 g/mol. The Morgan fingerprint density at radius 1 is 0.400 bits per heavy atom. The molecule has 1 aliphatic rings. The maximum atomic E-state index is 6.31. The number of hydrogen-bond donors (Lipinski definition) is 0. The van der Waals surface area contributed by atoms with Crippen LogP contribution < -0.4 is 4.90 Å². The molecule has 0 N–H and O–H groups in total. The molecule has 1 aliphatic carbocycles. The lowest BCUT2D eigenvalue weighted by atomic mass is 9.77. The largest absolute Gasteiger partial charge is 0.456 e. The Labute approximate surface area is 291 Å². The third-order valence-corrected chi connectivity index (χ3v) is 10.5. The van der Waals surface area contributed by atoms with Gasteiger partial charge < -0.3 is 9.32 Å². The van der Waals surface area contributed by atoms with Gasteiger partial charge in [-0.3, -0.25) is 0 Å². The summed E-state index contributed by atoms with van der Waals surface area (Å²) in [5.41, 5.74) is 14.4. The number of rotatable bonds is 4. The van der Waals surface area contributed by atoms with Gasteiger partial charge in [-0.25, -0.2) is 0 Å². The highest BCUT2D eigenvalue weighted by Crippen LogP contribution is 2.51. The van der Waals surface area contributed by atoms with Crippen LogP contribution in [-0.2, 0) is 5.41 Å². The molecule has 0 bridgehead atoms. The molecule has 0 fully saturated rings. The van der Waals surface area contributed by atoms with E-state index in [-0.39, 0.29) is 5.41 Å². The maximum Gasteiger partial charge on any atom is 0.137 e.